The van der Waals surface area contributed by atoms with Gasteiger partial charge in [0.25, 0.3) is 5.91 Å². The normalized spacial score (nSPS) is 18.7. The number of thiazole rings is 1. The summed E-state index contributed by atoms with van der Waals surface area (Å²) < 4.78 is 12.1. The molecule has 4 rings (SSSR count). The molecule has 0 spiro atoms. The Balaban J connectivity index is 1.56. The minimum Gasteiger partial charge on any atom is -0.467 e. The Hall–Kier alpha value is -2.18. The van der Waals surface area contributed by atoms with Crippen molar-refractivity contribution in [2.75, 3.05) is 19.7 Å². The number of nitrogens with zero attached hydrogens (tertiary/aromatic N) is 2. The monoisotopic (exact) mass is 314 g/mol. The van der Waals surface area contributed by atoms with E-state index in [2.05, 4.69) is 4.98 Å². The Labute approximate surface area is 131 Å². The van der Waals surface area contributed by atoms with Gasteiger partial charge >= 0.3 is 0 Å². The number of fused-ring (bicyclic) bond motifs is 1. The maximum atomic E-state index is 12.7. The molecule has 1 aliphatic rings. The second kappa shape index (κ2) is 5.55. The highest BCUT2D eigenvalue weighted by Crippen LogP contribution is 2.25. The van der Waals surface area contributed by atoms with Crippen molar-refractivity contribution in [3.8, 4) is 0 Å². The number of hydrogen-bond acceptors (Lipinski definition) is 5. The molecule has 0 bridgehead atoms. The summed E-state index contributed by atoms with van der Waals surface area (Å²) in [5.74, 6) is 0.783. The van der Waals surface area contributed by atoms with Gasteiger partial charge < -0.3 is 14.1 Å². The van der Waals surface area contributed by atoms with E-state index in [9.17, 15) is 4.79 Å². The predicted molar refractivity (Wildman–Crippen MR) is 82.9 cm³/mol. The Morgan fingerprint density at radius 3 is 3.18 bits per heavy atom. The highest BCUT2D eigenvalue weighted by Gasteiger charge is 2.27. The molecule has 3 aromatic rings. The molecule has 0 radical (unpaired) electrons. The predicted octanol–water partition coefficient (Wildman–Crippen LogP) is 3.10. The molecule has 112 valence electrons. The molecule has 0 saturated carbocycles. The lowest BCUT2D eigenvalue weighted by Crippen LogP contribution is -2.42. The van der Waals surface area contributed by atoms with Gasteiger partial charge in [0.2, 0.25) is 0 Å². The van der Waals surface area contributed by atoms with Gasteiger partial charge in [0.05, 0.1) is 35.1 Å². The minimum atomic E-state index is -0.195. The van der Waals surface area contributed by atoms with E-state index in [1.807, 2.05) is 35.2 Å². The maximum absolute atomic E-state index is 12.7. The molecule has 0 aliphatic carbocycles. The van der Waals surface area contributed by atoms with Crippen molar-refractivity contribution in [2.45, 2.75) is 6.10 Å². The van der Waals surface area contributed by atoms with E-state index in [4.69, 9.17) is 9.15 Å². The quantitative estimate of drug-likeness (QED) is 0.729. The summed E-state index contributed by atoms with van der Waals surface area (Å²) in [6, 6.07) is 9.34. The zero-order valence-corrected chi connectivity index (χ0v) is 12.6. The fourth-order valence-electron chi connectivity index (χ4n) is 2.65. The number of hydrogen-bond donors (Lipinski definition) is 0. The van der Waals surface area contributed by atoms with Crippen LogP contribution in [0.3, 0.4) is 0 Å². The number of benzene rings is 1. The van der Waals surface area contributed by atoms with Gasteiger partial charge in [0, 0.05) is 12.1 Å². The van der Waals surface area contributed by atoms with Gasteiger partial charge in [-0.2, -0.15) is 0 Å². The van der Waals surface area contributed by atoms with Crippen LogP contribution in [0.5, 0.6) is 0 Å². The summed E-state index contributed by atoms with van der Waals surface area (Å²) in [4.78, 5) is 18.8. The first-order chi connectivity index (χ1) is 10.8. The third kappa shape index (κ3) is 2.40. The second-order valence-electron chi connectivity index (χ2n) is 5.16. The van der Waals surface area contributed by atoms with Gasteiger partial charge in [-0.05, 0) is 30.3 Å². The third-order valence-corrected chi connectivity index (χ3v) is 4.58. The molecule has 5 nitrogen and oxygen atoms in total. The maximum Gasteiger partial charge on any atom is 0.254 e. The molecule has 1 aliphatic heterocycles. The summed E-state index contributed by atoms with van der Waals surface area (Å²) in [6.07, 6.45) is 1.43. The van der Waals surface area contributed by atoms with E-state index in [1.165, 1.54) is 0 Å². The molecule has 1 atom stereocenters. The number of rotatable bonds is 2. The number of aromatic nitrogens is 1. The average Bonchev–Trinajstić information content (AvgIpc) is 3.25. The summed E-state index contributed by atoms with van der Waals surface area (Å²) >= 11 is 1.54. The van der Waals surface area contributed by atoms with Gasteiger partial charge in [-0.15, -0.1) is 11.3 Å². The summed E-state index contributed by atoms with van der Waals surface area (Å²) in [5, 5.41) is 0. The highest BCUT2D eigenvalue weighted by molar-refractivity contribution is 7.16. The van der Waals surface area contributed by atoms with E-state index in [1.54, 1.807) is 23.1 Å². The van der Waals surface area contributed by atoms with Gasteiger partial charge in [0.1, 0.15) is 11.9 Å². The Morgan fingerprint density at radius 2 is 2.32 bits per heavy atom. The van der Waals surface area contributed by atoms with Crippen LogP contribution < -0.4 is 0 Å². The summed E-state index contributed by atoms with van der Waals surface area (Å²) in [5.41, 5.74) is 3.41. The second-order valence-corrected chi connectivity index (χ2v) is 6.05. The van der Waals surface area contributed by atoms with Crippen LogP contribution >= 0.6 is 11.3 Å². The Morgan fingerprint density at radius 1 is 1.36 bits per heavy atom. The molecule has 0 unspecified atom stereocenters. The van der Waals surface area contributed by atoms with Crippen LogP contribution in [0.4, 0.5) is 0 Å². The third-order valence-electron chi connectivity index (χ3n) is 3.79. The van der Waals surface area contributed by atoms with Crippen molar-refractivity contribution < 1.29 is 13.9 Å². The molecule has 1 aromatic carbocycles. The molecule has 1 saturated heterocycles. The lowest BCUT2D eigenvalue weighted by molar-refractivity contribution is -0.0321. The Kier molecular flexibility index (Phi) is 3.40. The van der Waals surface area contributed by atoms with Crippen molar-refractivity contribution in [1.82, 2.24) is 9.88 Å². The lowest BCUT2D eigenvalue weighted by atomic mass is 10.1. The zero-order valence-electron chi connectivity index (χ0n) is 11.8. The van der Waals surface area contributed by atoms with Crippen LogP contribution in [0, 0.1) is 0 Å². The molecule has 2 aromatic heterocycles. The number of ether oxygens (including phenoxy) is 1. The fourth-order valence-corrected chi connectivity index (χ4v) is 3.37. The van der Waals surface area contributed by atoms with Gasteiger partial charge in [0.15, 0.2) is 0 Å². The first-order valence-corrected chi connectivity index (χ1v) is 7.97. The van der Waals surface area contributed by atoms with Crippen molar-refractivity contribution in [1.29, 1.82) is 0 Å². The summed E-state index contributed by atoms with van der Waals surface area (Å²) in [6.45, 7) is 1.61. The van der Waals surface area contributed by atoms with E-state index in [0.717, 1.165) is 16.0 Å². The van der Waals surface area contributed by atoms with E-state index >= 15 is 0 Å². The van der Waals surface area contributed by atoms with Crippen molar-refractivity contribution >= 4 is 27.5 Å². The molecule has 0 N–H and O–H groups in total. The topological polar surface area (TPSA) is 55.6 Å². The fraction of sp³-hybridized carbons (Fsp3) is 0.250. The average molecular weight is 314 g/mol. The van der Waals surface area contributed by atoms with Crippen LogP contribution in [-0.2, 0) is 4.74 Å². The molecule has 1 amide bonds. The molecule has 22 heavy (non-hydrogen) atoms. The molecule has 6 heteroatoms. The van der Waals surface area contributed by atoms with Crippen molar-refractivity contribution in [3.05, 3.63) is 53.4 Å². The largest absolute Gasteiger partial charge is 0.467 e. The van der Waals surface area contributed by atoms with Crippen LogP contribution in [-0.4, -0.2) is 35.5 Å². The summed E-state index contributed by atoms with van der Waals surface area (Å²) in [7, 11) is 0. The van der Waals surface area contributed by atoms with Crippen LogP contribution in [0.1, 0.15) is 22.2 Å². The smallest absolute Gasteiger partial charge is 0.254 e. The first-order valence-electron chi connectivity index (χ1n) is 7.09. The van der Waals surface area contributed by atoms with Crippen molar-refractivity contribution in [3.63, 3.8) is 0 Å². The van der Waals surface area contributed by atoms with Gasteiger partial charge in [-0.1, -0.05) is 0 Å². The molecular weight excluding hydrogens is 300 g/mol. The van der Waals surface area contributed by atoms with Crippen molar-refractivity contribution in [2.24, 2.45) is 0 Å². The zero-order chi connectivity index (χ0) is 14.9. The molecule has 1 fully saturated rings. The van der Waals surface area contributed by atoms with Crippen LogP contribution in [0.25, 0.3) is 10.2 Å². The first kappa shape index (κ1) is 13.5. The number of amides is 1. The minimum absolute atomic E-state index is 0.0233. The number of furan rings is 1. The highest BCUT2D eigenvalue weighted by atomic mass is 32.1. The van der Waals surface area contributed by atoms with E-state index in [0.29, 0.717) is 25.3 Å². The molecule has 3 heterocycles. The van der Waals surface area contributed by atoms with E-state index in [-0.39, 0.29) is 12.0 Å². The number of morpholine rings is 1. The SMILES string of the molecule is O=C(c1ccc2ncsc2c1)N1CCO[C@H](c2ccco2)C1. The van der Waals surface area contributed by atoms with Crippen LogP contribution in [0.2, 0.25) is 0 Å². The van der Waals surface area contributed by atoms with E-state index < -0.39 is 0 Å². The number of carbonyl (C=O) groups is 1. The molecular formula is C16H14N2O3S. The standard InChI is InChI=1S/C16H14N2O3S/c19-16(11-3-4-12-15(8-11)22-10-17-12)18-5-7-21-14(9-18)13-2-1-6-20-13/h1-4,6,8,10,14H,5,7,9H2/t14-/m0/s1. The van der Waals surface area contributed by atoms with Gasteiger partial charge in [-0.3, -0.25) is 4.79 Å². The van der Waals surface area contributed by atoms with Crippen LogP contribution in [0.15, 0.2) is 46.5 Å². The lowest BCUT2D eigenvalue weighted by Gasteiger charge is -2.32. The number of carbonyl (C=O) groups excluding carboxylic acids is 1. The Bertz CT molecular complexity index is 797. The van der Waals surface area contributed by atoms with Gasteiger partial charge in [-0.25, -0.2) is 4.98 Å².